The van der Waals surface area contributed by atoms with Crippen LogP contribution in [0.3, 0.4) is 0 Å². The summed E-state index contributed by atoms with van der Waals surface area (Å²) in [6.45, 7) is 5.25. The van der Waals surface area contributed by atoms with Crippen LogP contribution in [0.5, 0.6) is 0 Å². The highest BCUT2D eigenvalue weighted by Crippen LogP contribution is 2.10. The van der Waals surface area contributed by atoms with Crippen LogP contribution in [0.1, 0.15) is 52.4 Å². The predicted octanol–water partition coefficient (Wildman–Crippen LogP) is 1.36. The molecule has 0 bridgehead atoms. The summed E-state index contributed by atoms with van der Waals surface area (Å²) in [6, 6.07) is 0. The molecule has 0 saturated carbocycles. The van der Waals surface area contributed by atoms with Gasteiger partial charge in [0.15, 0.2) is 0 Å². The van der Waals surface area contributed by atoms with Gasteiger partial charge in [-0.1, -0.05) is 39.0 Å². The second-order valence-corrected chi connectivity index (χ2v) is 5.25. The van der Waals surface area contributed by atoms with Gasteiger partial charge in [0.25, 0.3) is 0 Å². The van der Waals surface area contributed by atoms with Crippen molar-refractivity contribution in [2.75, 3.05) is 32.9 Å². The van der Waals surface area contributed by atoms with E-state index in [4.69, 9.17) is 14.9 Å². The van der Waals surface area contributed by atoms with Crippen molar-refractivity contribution in [3.05, 3.63) is 0 Å². The zero-order valence-electron chi connectivity index (χ0n) is 13.1. The van der Waals surface area contributed by atoms with E-state index < -0.39 is 12.3 Å². The van der Waals surface area contributed by atoms with Crippen molar-refractivity contribution in [1.29, 1.82) is 0 Å². The average molecular weight is 291 g/mol. The minimum atomic E-state index is -0.645. The monoisotopic (exact) mass is 291 g/mol. The summed E-state index contributed by atoms with van der Waals surface area (Å²) in [5.41, 5.74) is 0. The van der Waals surface area contributed by atoms with Gasteiger partial charge in [0.1, 0.15) is 6.23 Å². The van der Waals surface area contributed by atoms with Gasteiger partial charge in [-0.05, 0) is 13.3 Å². The van der Waals surface area contributed by atoms with Gasteiger partial charge in [0, 0.05) is 19.7 Å². The van der Waals surface area contributed by atoms with Crippen molar-refractivity contribution in [2.45, 2.75) is 64.7 Å². The SMILES string of the molecule is CCCCCCCCOC(C(C)O)N(CCO)CCO. The van der Waals surface area contributed by atoms with Crippen LogP contribution >= 0.6 is 0 Å². The molecule has 0 spiro atoms. The highest BCUT2D eigenvalue weighted by molar-refractivity contribution is 4.68. The zero-order chi connectivity index (χ0) is 15.2. The van der Waals surface area contributed by atoms with E-state index in [1.54, 1.807) is 11.8 Å². The van der Waals surface area contributed by atoms with Gasteiger partial charge >= 0.3 is 0 Å². The molecule has 0 aromatic rings. The highest BCUT2D eigenvalue weighted by atomic mass is 16.5. The van der Waals surface area contributed by atoms with Gasteiger partial charge in [-0.2, -0.15) is 0 Å². The third-order valence-corrected chi connectivity index (χ3v) is 3.33. The molecule has 0 aliphatic carbocycles. The number of hydrogen-bond donors (Lipinski definition) is 3. The van der Waals surface area contributed by atoms with Crippen LogP contribution in [0.4, 0.5) is 0 Å². The van der Waals surface area contributed by atoms with Crippen molar-refractivity contribution in [2.24, 2.45) is 0 Å². The predicted molar refractivity (Wildman–Crippen MR) is 80.5 cm³/mol. The van der Waals surface area contributed by atoms with E-state index in [0.29, 0.717) is 19.7 Å². The van der Waals surface area contributed by atoms with E-state index in [2.05, 4.69) is 6.92 Å². The summed E-state index contributed by atoms with van der Waals surface area (Å²) in [6.07, 6.45) is 6.07. The Morgan fingerprint density at radius 2 is 1.50 bits per heavy atom. The Morgan fingerprint density at radius 1 is 0.950 bits per heavy atom. The summed E-state index contributed by atoms with van der Waals surface area (Å²) in [7, 11) is 0. The van der Waals surface area contributed by atoms with E-state index in [1.807, 2.05) is 0 Å². The first-order valence-corrected chi connectivity index (χ1v) is 7.92. The molecule has 0 amide bonds. The molecule has 3 N–H and O–H groups in total. The Morgan fingerprint density at radius 3 is 2.00 bits per heavy atom. The van der Waals surface area contributed by atoms with Crippen LogP contribution < -0.4 is 0 Å². The Kier molecular flexibility index (Phi) is 13.6. The fourth-order valence-electron chi connectivity index (χ4n) is 2.26. The molecule has 2 atom stereocenters. The molecule has 0 aromatic carbocycles. The van der Waals surface area contributed by atoms with Crippen molar-refractivity contribution in [3.8, 4) is 0 Å². The van der Waals surface area contributed by atoms with Gasteiger partial charge in [-0.15, -0.1) is 0 Å². The van der Waals surface area contributed by atoms with Crippen LogP contribution in [-0.2, 0) is 4.74 Å². The molecule has 0 rings (SSSR count). The zero-order valence-corrected chi connectivity index (χ0v) is 13.1. The number of ether oxygens (including phenoxy) is 1. The van der Waals surface area contributed by atoms with Gasteiger partial charge in [-0.3, -0.25) is 4.90 Å². The van der Waals surface area contributed by atoms with E-state index in [1.165, 1.54) is 25.7 Å². The van der Waals surface area contributed by atoms with E-state index in [0.717, 1.165) is 12.8 Å². The third-order valence-electron chi connectivity index (χ3n) is 3.33. The Hall–Kier alpha value is -0.200. The Bertz CT molecular complexity index is 196. The molecule has 122 valence electrons. The molecule has 0 aliphatic heterocycles. The smallest absolute Gasteiger partial charge is 0.136 e. The first-order chi connectivity index (χ1) is 9.67. The fourth-order valence-corrected chi connectivity index (χ4v) is 2.26. The molecular formula is C15H33NO4. The summed E-state index contributed by atoms with van der Waals surface area (Å²) in [5, 5.41) is 27.8. The minimum absolute atomic E-state index is 0.0103. The second-order valence-electron chi connectivity index (χ2n) is 5.25. The van der Waals surface area contributed by atoms with Gasteiger partial charge in [0.05, 0.1) is 19.3 Å². The molecule has 0 fully saturated rings. The lowest BCUT2D eigenvalue weighted by molar-refractivity contribution is -0.125. The topological polar surface area (TPSA) is 73.2 Å². The van der Waals surface area contributed by atoms with Gasteiger partial charge < -0.3 is 20.1 Å². The standard InChI is InChI=1S/C15H33NO4/c1-3-4-5-6-7-8-13-20-15(14(2)19)16(9-11-17)10-12-18/h14-15,17-19H,3-13H2,1-2H3. The lowest BCUT2D eigenvalue weighted by Gasteiger charge is -2.32. The second kappa shape index (κ2) is 13.8. The van der Waals surface area contributed by atoms with E-state index in [9.17, 15) is 5.11 Å². The highest BCUT2D eigenvalue weighted by Gasteiger charge is 2.22. The largest absolute Gasteiger partial charge is 0.395 e. The molecule has 0 saturated heterocycles. The number of aliphatic hydroxyl groups is 3. The maximum Gasteiger partial charge on any atom is 0.136 e. The Labute approximate surface area is 123 Å². The van der Waals surface area contributed by atoms with Crippen LogP contribution in [-0.4, -0.2) is 65.5 Å². The fraction of sp³-hybridized carbons (Fsp3) is 1.00. The average Bonchev–Trinajstić information content (AvgIpc) is 2.41. The Balaban J connectivity index is 3.94. The molecule has 0 heterocycles. The van der Waals surface area contributed by atoms with Crippen LogP contribution in [0.25, 0.3) is 0 Å². The van der Waals surface area contributed by atoms with Crippen LogP contribution in [0.15, 0.2) is 0 Å². The lowest BCUT2D eigenvalue weighted by Crippen LogP contribution is -2.47. The molecule has 2 unspecified atom stereocenters. The summed E-state index contributed by atoms with van der Waals surface area (Å²) < 4.78 is 5.73. The van der Waals surface area contributed by atoms with Crippen molar-refractivity contribution in [1.82, 2.24) is 4.90 Å². The van der Waals surface area contributed by atoms with Crippen molar-refractivity contribution < 1.29 is 20.1 Å². The summed E-state index contributed by atoms with van der Waals surface area (Å²) in [5.74, 6) is 0. The number of nitrogens with zero attached hydrogens (tertiary/aromatic N) is 1. The van der Waals surface area contributed by atoms with Crippen molar-refractivity contribution >= 4 is 0 Å². The number of hydrogen-bond acceptors (Lipinski definition) is 5. The molecule has 20 heavy (non-hydrogen) atoms. The molecule has 5 heteroatoms. The molecule has 5 nitrogen and oxygen atoms in total. The van der Waals surface area contributed by atoms with E-state index in [-0.39, 0.29) is 13.2 Å². The molecule has 0 radical (unpaired) electrons. The third kappa shape index (κ3) is 9.66. The number of rotatable bonds is 14. The number of unbranched alkanes of at least 4 members (excludes halogenated alkanes) is 5. The van der Waals surface area contributed by atoms with Crippen LogP contribution in [0, 0.1) is 0 Å². The van der Waals surface area contributed by atoms with Crippen LogP contribution in [0.2, 0.25) is 0 Å². The van der Waals surface area contributed by atoms with Gasteiger partial charge in [-0.25, -0.2) is 0 Å². The lowest BCUT2D eigenvalue weighted by atomic mass is 10.1. The first kappa shape index (κ1) is 19.8. The molecule has 0 aromatic heterocycles. The maximum atomic E-state index is 9.78. The first-order valence-electron chi connectivity index (χ1n) is 7.92. The summed E-state index contributed by atoms with van der Waals surface area (Å²) in [4.78, 5) is 1.78. The van der Waals surface area contributed by atoms with Crippen molar-refractivity contribution in [3.63, 3.8) is 0 Å². The van der Waals surface area contributed by atoms with Gasteiger partial charge in [0.2, 0.25) is 0 Å². The minimum Gasteiger partial charge on any atom is -0.395 e. The molecule has 0 aliphatic rings. The maximum absolute atomic E-state index is 9.78. The van der Waals surface area contributed by atoms with E-state index >= 15 is 0 Å². The summed E-state index contributed by atoms with van der Waals surface area (Å²) >= 11 is 0. The normalized spacial score (nSPS) is 14.7. The molecular weight excluding hydrogens is 258 g/mol. The quantitative estimate of drug-likeness (QED) is 0.333. The number of aliphatic hydroxyl groups excluding tert-OH is 3.